The Morgan fingerprint density at radius 2 is 2.40 bits per heavy atom. The van der Waals surface area contributed by atoms with Crippen molar-refractivity contribution in [3.63, 3.8) is 0 Å². The summed E-state index contributed by atoms with van der Waals surface area (Å²) in [6.07, 6.45) is 2.44. The third kappa shape index (κ3) is 3.58. The molecule has 1 saturated heterocycles. The fraction of sp³-hybridized carbons (Fsp3) is 0.538. The minimum atomic E-state index is 0. The van der Waals surface area contributed by atoms with Gasteiger partial charge in [0.05, 0.1) is 11.4 Å². The standard InChI is InChI=1S/C13H18N4OS.ClH/c14-7-10-3-1-5-17(8-10)9-12-15-13(16-18-12)11-4-2-6-19-11;/h2,4,6,10H,1,3,5,7-9,14H2;1H. The second kappa shape index (κ2) is 7.17. The predicted octanol–water partition coefficient (Wildman–Crippen LogP) is 2.39. The first kappa shape index (κ1) is 15.4. The van der Waals surface area contributed by atoms with Crippen LogP contribution in [0, 0.1) is 5.92 Å². The maximum atomic E-state index is 5.75. The Bertz CT molecular complexity index is 516. The molecule has 3 rings (SSSR count). The van der Waals surface area contributed by atoms with Crippen molar-refractivity contribution >= 4 is 23.7 Å². The Morgan fingerprint density at radius 3 is 3.15 bits per heavy atom. The van der Waals surface area contributed by atoms with Crippen LogP contribution in [0.5, 0.6) is 0 Å². The molecule has 1 atom stereocenters. The molecule has 1 unspecified atom stereocenters. The zero-order valence-electron chi connectivity index (χ0n) is 11.2. The molecule has 1 aliphatic rings. The number of aromatic nitrogens is 2. The van der Waals surface area contributed by atoms with E-state index in [1.54, 1.807) is 11.3 Å². The van der Waals surface area contributed by atoms with Crippen LogP contribution >= 0.6 is 23.7 Å². The quantitative estimate of drug-likeness (QED) is 0.938. The molecule has 2 aromatic rings. The summed E-state index contributed by atoms with van der Waals surface area (Å²) < 4.78 is 5.33. The first-order valence-corrected chi connectivity index (χ1v) is 7.52. The summed E-state index contributed by atoms with van der Waals surface area (Å²) in [6.45, 7) is 3.62. The molecular formula is C13H19ClN4OS. The van der Waals surface area contributed by atoms with Crippen molar-refractivity contribution in [3.05, 3.63) is 23.4 Å². The molecule has 20 heavy (non-hydrogen) atoms. The van der Waals surface area contributed by atoms with E-state index < -0.39 is 0 Å². The molecule has 0 spiro atoms. The highest BCUT2D eigenvalue weighted by molar-refractivity contribution is 7.13. The molecule has 0 bridgehead atoms. The number of nitrogens with two attached hydrogens (primary N) is 1. The summed E-state index contributed by atoms with van der Waals surface area (Å²) in [5.41, 5.74) is 5.75. The maximum Gasteiger partial charge on any atom is 0.241 e. The Kier molecular flexibility index (Phi) is 5.54. The summed E-state index contributed by atoms with van der Waals surface area (Å²) in [7, 11) is 0. The van der Waals surface area contributed by atoms with Gasteiger partial charge in [-0.15, -0.1) is 23.7 Å². The molecule has 2 aromatic heterocycles. The van der Waals surface area contributed by atoms with E-state index in [9.17, 15) is 0 Å². The van der Waals surface area contributed by atoms with Crippen LogP contribution in [0.2, 0.25) is 0 Å². The van der Waals surface area contributed by atoms with Gasteiger partial charge in [-0.1, -0.05) is 11.2 Å². The fourth-order valence-electron chi connectivity index (χ4n) is 2.50. The van der Waals surface area contributed by atoms with E-state index in [0.717, 1.165) is 31.1 Å². The molecule has 3 heterocycles. The van der Waals surface area contributed by atoms with E-state index in [0.29, 0.717) is 17.6 Å². The Morgan fingerprint density at radius 1 is 1.50 bits per heavy atom. The predicted molar refractivity (Wildman–Crippen MR) is 81.9 cm³/mol. The van der Waals surface area contributed by atoms with Crippen LogP contribution in [0.1, 0.15) is 18.7 Å². The van der Waals surface area contributed by atoms with Crippen molar-refractivity contribution in [3.8, 4) is 10.7 Å². The largest absolute Gasteiger partial charge is 0.338 e. The number of halogens is 1. The van der Waals surface area contributed by atoms with Crippen LogP contribution in [-0.2, 0) is 6.54 Å². The van der Waals surface area contributed by atoms with Gasteiger partial charge >= 0.3 is 0 Å². The molecule has 0 saturated carbocycles. The van der Waals surface area contributed by atoms with Crippen molar-refractivity contribution in [2.24, 2.45) is 11.7 Å². The molecule has 0 amide bonds. The van der Waals surface area contributed by atoms with E-state index in [4.69, 9.17) is 10.3 Å². The monoisotopic (exact) mass is 314 g/mol. The molecule has 110 valence electrons. The molecule has 1 fully saturated rings. The summed E-state index contributed by atoms with van der Waals surface area (Å²) in [6, 6.07) is 4.00. The summed E-state index contributed by atoms with van der Waals surface area (Å²) in [5, 5.41) is 6.05. The van der Waals surface area contributed by atoms with Gasteiger partial charge in [-0.3, -0.25) is 4.90 Å². The van der Waals surface area contributed by atoms with Gasteiger partial charge in [0.2, 0.25) is 11.7 Å². The molecule has 0 aliphatic carbocycles. The Labute approximate surface area is 128 Å². The van der Waals surface area contributed by atoms with Crippen molar-refractivity contribution in [2.75, 3.05) is 19.6 Å². The minimum Gasteiger partial charge on any atom is -0.338 e. The summed E-state index contributed by atoms with van der Waals surface area (Å²) in [4.78, 5) is 7.86. The van der Waals surface area contributed by atoms with Crippen LogP contribution in [0.3, 0.4) is 0 Å². The van der Waals surface area contributed by atoms with Gasteiger partial charge in [0, 0.05) is 6.54 Å². The van der Waals surface area contributed by atoms with Crippen LogP contribution in [0.25, 0.3) is 10.7 Å². The molecule has 7 heteroatoms. The van der Waals surface area contributed by atoms with Gasteiger partial charge in [0.15, 0.2) is 0 Å². The number of rotatable bonds is 4. The lowest BCUT2D eigenvalue weighted by molar-refractivity contribution is 0.153. The number of hydrogen-bond acceptors (Lipinski definition) is 6. The number of piperidine rings is 1. The number of thiophene rings is 1. The summed E-state index contributed by atoms with van der Waals surface area (Å²) in [5.74, 6) is 1.99. The average molecular weight is 315 g/mol. The van der Waals surface area contributed by atoms with Crippen LogP contribution < -0.4 is 5.73 Å². The van der Waals surface area contributed by atoms with Crippen LogP contribution in [0.15, 0.2) is 22.0 Å². The van der Waals surface area contributed by atoms with Crippen molar-refractivity contribution in [2.45, 2.75) is 19.4 Å². The highest BCUT2D eigenvalue weighted by Crippen LogP contribution is 2.22. The molecule has 2 N–H and O–H groups in total. The first-order valence-electron chi connectivity index (χ1n) is 6.64. The van der Waals surface area contributed by atoms with Gasteiger partial charge in [-0.05, 0) is 43.3 Å². The number of hydrogen-bond donors (Lipinski definition) is 1. The zero-order valence-corrected chi connectivity index (χ0v) is 12.8. The van der Waals surface area contributed by atoms with Gasteiger partial charge in [-0.2, -0.15) is 4.98 Å². The van der Waals surface area contributed by atoms with Gasteiger partial charge in [0.1, 0.15) is 0 Å². The second-order valence-electron chi connectivity index (χ2n) is 4.97. The average Bonchev–Trinajstić information content (AvgIpc) is 3.09. The zero-order chi connectivity index (χ0) is 13.1. The molecule has 0 radical (unpaired) electrons. The van der Waals surface area contributed by atoms with Crippen molar-refractivity contribution in [1.29, 1.82) is 0 Å². The van der Waals surface area contributed by atoms with Gasteiger partial charge in [0.25, 0.3) is 0 Å². The Hall–Kier alpha value is -0.950. The lowest BCUT2D eigenvalue weighted by Gasteiger charge is -2.30. The smallest absolute Gasteiger partial charge is 0.241 e. The highest BCUT2D eigenvalue weighted by atomic mass is 35.5. The molecule has 0 aromatic carbocycles. The number of nitrogens with zero attached hydrogens (tertiary/aromatic N) is 3. The topological polar surface area (TPSA) is 68.2 Å². The fourth-order valence-corrected chi connectivity index (χ4v) is 3.15. The second-order valence-corrected chi connectivity index (χ2v) is 5.92. The maximum absolute atomic E-state index is 5.75. The first-order chi connectivity index (χ1) is 9.35. The molecular weight excluding hydrogens is 296 g/mol. The Balaban J connectivity index is 0.00000147. The van der Waals surface area contributed by atoms with Gasteiger partial charge < -0.3 is 10.3 Å². The van der Waals surface area contributed by atoms with E-state index >= 15 is 0 Å². The third-order valence-corrected chi connectivity index (χ3v) is 4.37. The van der Waals surface area contributed by atoms with E-state index in [-0.39, 0.29) is 12.4 Å². The van der Waals surface area contributed by atoms with E-state index in [2.05, 4.69) is 15.0 Å². The SMILES string of the molecule is Cl.NCC1CCCN(Cc2nc(-c3cccs3)no2)C1. The lowest BCUT2D eigenvalue weighted by atomic mass is 9.98. The lowest BCUT2D eigenvalue weighted by Crippen LogP contribution is -2.37. The van der Waals surface area contributed by atoms with E-state index in [1.807, 2.05) is 17.5 Å². The molecule has 1 aliphatic heterocycles. The summed E-state index contributed by atoms with van der Waals surface area (Å²) >= 11 is 1.62. The van der Waals surface area contributed by atoms with Crippen LogP contribution in [0.4, 0.5) is 0 Å². The molecule has 5 nitrogen and oxygen atoms in total. The normalized spacial score (nSPS) is 19.8. The van der Waals surface area contributed by atoms with Gasteiger partial charge in [-0.25, -0.2) is 0 Å². The van der Waals surface area contributed by atoms with Crippen LogP contribution in [-0.4, -0.2) is 34.7 Å². The highest BCUT2D eigenvalue weighted by Gasteiger charge is 2.20. The number of likely N-dealkylation sites (tertiary alicyclic amines) is 1. The third-order valence-electron chi connectivity index (χ3n) is 3.50. The minimum absolute atomic E-state index is 0. The van der Waals surface area contributed by atoms with Crippen molar-refractivity contribution in [1.82, 2.24) is 15.0 Å². The van der Waals surface area contributed by atoms with Crippen molar-refractivity contribution < 1.29 is 4.52 Å². The van der Waals surface area contributed by atoms with E-state index in [1.165, 1.54) is 12.8 Å².